The Hall–Kier alpha value is -2.69. The van der Waals surface area contributed by atoms with Crippen molar-refractivity contribution in [2.75, 3.05) is 5.73 Å². The molecule has 0 aliphatic carbocycles. The highest BCUT2D eigenvalue weighted by atomic mass is 19.1. The van der Waals surface area contributed by atoms with Gasteiger partial charge in [0.1, 0.15) is 22.8 Å². The quantitative estimate of drug-likeness (QED) is 0.739. The fraction of sp³-hybridized carbons (Fsp3) is 0. The smallest absolute Gasteiger partial charge is 0.124 e. The lowest BCUT2D eigenvalue weighted by atomic mass is 10.2. The molecule has 0 bridgehead atoms. The van der Waals surface area contributed by atoms with Crippen LogP contribution in [0.3, 0.4) is 0 Å². The average molecular weight is 254 g/mol. The van der Waals surface area contributed by atoms with Crippen LogP contribution in [-0.2, 0) is 0 Å². The van der Waals surface area contributed by atoms with Crippen LogP contribution in [0.15, 0.2) is 36.4 Å². The summed E-state index contributed by atoms with van der Waals surface area (Å²) in [6.45, 7) is 0. The number of hydrogen-bond acceptors (Lipinski definition) is 3. The number of aromatic amines is 1. The van der Waals surface area contributed by atoms with Gasteiger partial charge < -0.3 is 5.73 Å². The van der Waals surface area contributed by atoms with Crippen molar-refractivity contribution in [1.29, 1.82) is 0 Å². The predicted molar refractivity (Wildman–Crippen MR) is 73.6 cm³/mol. The molecule has 0 saturated carbocycles. The third-order valence-corrected chi connectivity index (χ3v) is 2.76. The van der Waals surface area contributed by atoms with E-state index in [9.17, 15) is 4.39 Å². The Morgan fingerprint density at radius 2 is 1.84 bits per heavy atom. The van der Waals surface area contributed by atoms with E-state index in [0.717, 1.165) is 16.6 Å². The normalized spacial score (nSPS) is 11.4. The van der Waals surface area contributed by atoms with Crippen molar-refractivity contribution < 1.29 is 4.39 Å². The number of rotatable bonds is 2. The second-order valence-electron chi connectivity index (χ2n) is 4.13. The molecule has 2 aromatic heterocycles. The maximum atomic E-state index is 12.8. The fourth-order valence-electron chi connectivity index (χ4n) is 1.80. The zero-order valence-corrected chi connectivity index (χ0v) is 9.97. The van der Waals surface area contributed by atoms with Gasteiger partial charge in [-0.2, -0.15) is 5.10 Å². The first-order chi connectivity index (χ1) is 9.22. The molecule has 2 heterocycles. The number of benzene rings is 1. The van der Waals surface area contributed by atoms with Gasteiger partial charge in [-0.05, 0) is 35.9 Å². The third kappa shape index (κ3) is 2.30. The van der Waals surface area contributed by atoms with Crippen molar-refractivity contribution in [2.45, 2.75) is 0 Å². The minimum Gasteiger partial charge on any atom is -0.384 e. The number of nitrogens with zero attached hydrogens (tertiary/aromatic N) is 2. The lowest BCUT2D eigenvalue weighted by Crippen LogP contribution is -1.88. The molecule has 4 nitrogen and oxygen atoms in total. The van der Waals surface area contributed by atoms with Gasteiger partial charge in [-0.1, -0.05) is 18.2 Å². The van der Waals surface area contributed by atoms with Crippen molar-refractivity contribution in [1.82, 2.24) is 15.2 Å². The molecule has 0 amide bonds. The molecule has 0 saturated heterocycles. The number of nitrogen functional groups attached to an aromatic ring is 1. The summed E-state index contributed by atoms with van der Waals surface area (Å²) in [6, 6.07) is 9.77. The Kier molecular flexibility index (Phi) is 2.72. The van der Waals surface area contributed by atoms with E-state index >= 15 is 0 Å². The third-order valence-electron chi connectivity index (χ3n) is 2.76. The lowest BCUT2D eigenvalue weighted by molar-refractivity contribution is 0.628. The summed E-state index contributed by atoms with van der Waals surface area (Å²) in [5.41, 5.74) is 8.80. The molecule has 94 valence electrons. The molecule has 0 spiro atoms. The number of pyridine rings is 1. The number of H-pyrrole nitrogens is 1. The van der Waals surface area contributed by atoms with Gasteiger partial charge in [-0.25, -0.2) is 9.37 Å². The van der Waals surface area contributed by atoms with Crippen LogP contribution in [0.2, 0.25) is 0 Å². The van der Waals surface area contributed by atoms with Gasteiger partial charge >= 0.3 is 0 Å². The zero-order chi connectivity index (χ0) is 13.2. The van der Waals surface area contributed by atoms with Crippen LogP contribution in [0.25, 0.3) is 23.2 Å². The summed E-state index contributed by atoms with van der Waals surface area (Å²) in [5.74, 6) is 0.196. The van der Waals surface area contributed by atoms with E-state index < -0.39 is 0 Å². The standard InChI is InChI=1S/C14H11FN4/c15-10-4-1-9(2-5-10)3-6-11-14-12(19-18-11)7-8-13(16)17-14/h1-8H,(H2,16,17)(H,18,19)/b6-3+. The first kappa shape index (κ1) is 11.4. The fourth-order valence-corrected chi connectivity index (χ4v) is 1.80. The lowest BCUT2D eigenvalue weighted by Gasteiger charge is -1.94. The van der Waals surface area contributed by atoms with Crippen LogP contribution in [-0.4, -0.2) is 15.2 Å². The first-order valence-corrected chi connectivity index (χ1v) is 5.76. The van der Waals surface area contributed by atoms with E-state index in [1.54, 1.807) is 18.2 Å². The molecule has 0 unspecified atom stereocenters. The van der Waals surface area contributed by atoms with Gasteiger partial charge in [0.2, 0.25) is 0 Å². The van der Waals surface area contributed by atoms with Crippen LogP contribution in [0.5, 0.6) is 0 Å². The number of anilines is 1. The van der Waals surface area contributed by atoms with Crippen LogP contribution in [0.4, 0.5) is 10.2 Å². The maximum absolute atomic E-state index is 12.8. The van der Waals surface area contributed by atoms with E-state index in [0.29, 0.717) is 11.5 Å². The Bertz CT molecular complexity index is 744. The minimum absolute atomic E-state index is 0.253. The molecule has 3 rings (SSSR count). The summed E-state index contributed by atoms with van der Waals surface area (Å²) >= 11 is 0. The van der Waals surface area contributed by atoms with E-state index in [2.05, 4.69) is 15.2 Å². The largest absolute Gasteiger partial charge is 0.384 e. The molecule has 0 aliphatic rings. The molecule has 3 aromatic rings. The van der Waals surface area contributed by atoms with Crippen LogP contribution in [0, 0.1) is 5.82 Å². The summed E-state index contributed by atoms with van der Waals surface area (Å²) in [4.78, 5) is 4.23. The number of nitrogens with two attached hydrogens (primary N) is 1. The SMILES string of the molecule is Nc1ccc2[nH]nc(/C=C/c3ccc(F)cc3)c2n1. The second kappa shape index (κ2) is 4.53. The molecule has 0 fully saturated rings. The number of hydrogen-bond donors (Lipinski definition) is 2. The first-order valence-electron chi connectivity index (χ1n) is 5.76. The zero-order valence-electron chi connectivity index (χ0n) is 9.97. The minimum atomic E-state index is -0.253. The summed E-state index contributed by atoms with van der Waals surface area (Å²) in [5, 5.41) is 7.05. The Morgan fingerprint density at radius 3 is 2.63 bits per heavy atom. The average Bonchev–Trinajstić information content (AvgIpc) is 2.80. The van der Waals surface area contributed by atoms with Crippen molar-refractivity contribution >= 4 is 29.0 Å². The number of fused-ring (bicyclic) bond motifs is 1. The number of nitrogens with one attached hydrogen (secondary N) is 1. The number of aromatic nitrogens is 3. The second-order valence-corrected chi connectivity index (χ2v) is 4.13. The van der Waals surface area contributed by atoms with Crippen LogP contribution in [0.1, 0.15) is 11.3 Å². The molecular weight excluding hydrogens is 243 g/mol. The molecule has 19 heavy (non-hydrogen) atoms. The summed E-state index contributed by atoms with van der Waals surface area (Å²) < 4.78 is 12.8. The van der Waals surface area contributed by atoms with Crippen LogP contribution < -0.4 is 5.73 Å². The van der Waals surface area contributed by atoms with E-state index in [1.165, 1.54) is 12.1 Å². The molecule has 0 atom stereocenters. The molecule has 1 aromatic carbocycles. The Morgan fingerprint density at radius 1 is 1.05 bits per heavy atom. The number of halogens is 1. The van der Waals surface area contributed by atoms with Gasteiger partial charge in [0.15, 0.2) is 0 Å². The van der Waals surface area contributed by atoms with Crippen LogP contribution >= 0.6 is 0 Å². The Labute approximate surface area is 108 Å². The predicted octanol–water partition coefficient (Wildman–Crippen LogP) is 2.85. The van der Waals surface area contributed by atoms with E-state index in [1.807, 2.05) is 18.2 Å². The van der Waals surface area contributed by atoms with Crippen molar-refractivity contribution in [3.05, 3.63) is 53.5 Å². The van der Waals surface area contributed by atoms with Gasteiger partial charge in [-0.15, -0.1) is 0 Å². The molecule has 0 radical (unpaired) electrons. The highest BCUT2D eigenvalue weighted by Gasteiger charge is 2.04. The molecule has 0 aliphatic heterocycles. The van der Waals surface area contributed by atoms with E-state index in [4.69, 9.17) is 5.73 Å². The van der Waals surface area contributed by atoms with Gasteiger partial charge in [0.25, 0.3) is 0 Å². The van der Waals surface area contributed by atoms with Gasteiger partial charge in [0.05, 0.1) is 5.52 Å². The van der Waals surface area contributed by atoms with Crippen molar-refractivity contribution in [3.8, 4) is 0 Å². The summed E-state index contributed by atoms with van der Waals surface area (Å²) in [6.07, 6.45) is 3.67. The summed E-state index contributed by atoms with van der Waals surface area (Å²) in [7, 11) is 0. The monoisotopic (exact) mass is 254 g/mol. The van der Waals surface area contributed by atoms with E-state index in [-0.39, 0.29) is 5.82 Å². The van der Waals surface area contributed by atoms with Crippen molar-refractivity contribution in [3.63, 3.8) is 0 Å². The molecule has 5 heteroatoms. The highest BCUT2D eigenvalue weighted by Crippen LogP contribution is 2.17. The maximum Gasteiger partial charge on any atom is 0.124 e. The topological polar surface area (TPSA) is 67.6 Å². The van der Waals surface area contributed by atoms with Crippen molar-refractivity contribution in [2.24, 2.45) is 0 Å². The van der Waals surface area contributed by atoms with Gasteiger partial charge in [0, 0.05) is 0 Å². The Balaban J connectivity index is 1.96. The molecule has 3 N–H and O–H groups in total. The van der Waals surface area contributed by atoms with Gasteiger partial charge in [-0.3, -0.25) is 5.10 Å². The molecular formula is C14H11FN4. The highest BCUT2D eigenvalue weighted by molar-refractivity contribution is 5.86.